The van der Waals surface area contributed by atoms with Gasteiger partial charge in [0.1, 0.15) is 12.4 Å². The van der Waals surface area contributed by atoms with E-state index in [0.717, 1.165) is 35.3 Å². The van der Waals surface area contributed by atoms with Gasteiger partial charge in [-0.2, -0.15) is 0 Å². The van der Waals surface area contributed by atoms with E-state index in [1.54, 1.807) is 4.90 Å². The number of halogens is 2. The summed E-state index contributed by atoms with van der Waals surface area (Å²) in [6.07, 6.45) is 1.89. The molecule has 1 amide bonds. The number of thioether (sulfide) groups is 1. The zero-order chi connectivity index (χ0) is 22.8. The van der Waals surface area contributed by atoms with Gasteiger partial charge >= 0.3 is 0 Å². The van der Waals surface area contributed by atoms with Crippen LogP contribution in [0.25, 0.3) is 6.08 Å². The van der Waals surface area contributed by atoms with Gasteiger partial charge in [0.2, 0.25) is 0 Å². The topological polar surface area (TPSA) is 29.5 Å². The van der Waals surface area contributed by atoms with Crippen LogP contribution in [0.4, 0.5) is 5.69 Å². The normalized spacial score (nSPS) is 15.0. The molecule has 1 aliphatic heterocycles. The molecule has 1 fully saturated rings. The predicted octanol–water partition coefficient (Wildman–Crippen LogP) is 7.50. The van der Waals surface area contributed by atoms with E-state index in [2.05, 4.69) is 58.2 Å². The van der Waals surface area contributed by atoms with E-state index in [1.807, 2.05) is 67.6 Å². The minimum atomic E-state index is -0.105. The molecule has 3 nitrogen and oxygen atoms in total. The molecule has 0 aromatic heterocycles. The molecule has 32 heavy (non-hydrogen) atoms. The summed E-state index contributed by atoms with van der Waals surface area (Å²) in [5, 5.41) is 0. The maximum atomic E-state index is 13.3. The first-order chi connectivity index (χ1) is 15.3. The number of rotatable bonds is 5. The maximum Gasteiger partial charge on any atom is 0.270 e. The van der Waals surface area contributed by atoms with Gasteiger partial charge in [-0.15, -0.1) is 0 Å². The fourth-order valence-corrected chi connectivity index (χ4v) is 6.60. The molecule has 0 spiro atoms. The third-order valence-electron chi connectivity index (χ3n) is 5.09. The minimum Gasteiger partial charge on any atom is -0.487 e. The highest BCUT2D eigenvalue weighted by molar-refractivity contribution is 14.1. The van der Waals surface area contributed by atoms with Gasteiger partial charge in [-0.05, 0) is 106 Å². The molecule has 0 bridgehead atoms. The highest BCUT2D eigenvalue weighted by atomic mass is 127. The second kappa shape index (κ2) is 10.2. The van der Waals surface area contributed by atoms with Crippen molar-refractivity contribution >= 4 is 91.2 Å². The summed E-state index contributed by atoms with van der Waals surface area (Å²) < 4.78 is 8.82. The molecule has 3 aromatic rings. The number of amides is 1. The standard InChI is InChI=1S/C25H19I2NO2S2/c1-15-8-9-20(10-16(15)2)28-24(29)22(32-25(28)31)12-18-11-19(26)13-21(27)23(18)30-14-17-6-4-3-5-7-17/h3-13H,14H2,1-2H3/b22-12+. The highest BCUT2D eigenvalue weighted by Gasteiger charge is 2.33. The first-order valence-corrected chi connectivity index (χ1v) is 13.2. The van der Waals surface area contributed by atoms with Gasteiger partial charge in [-0.3, -0.25) is 9.69 Å². The van der Waals surface area contributed by atoms with Crippen molar-refractivity contribution in [2.24, 2.45) is 0 Å². The molecule has 1 heterocycles. The van der Waals surface area contributed by atoms with Crippen LogP contribution >= 0.6 is 69.2 Å². The molecule has 3 aromatic carbocycles. The third-order valence-corrected chi connectivity index (χ3v) is 7.82. The number of ether oxygens (including phenoxy) is 1. The number of carbonyl (C=O) groups is 1. The summed E-state index contributed by atoms with van der Waals surface area (Å²) in [4.78, 5) is 15.5. The first-order valence-electron chi connectivity index (χ1n) is 9.84. The van der Waals surface area contributed by atoms with Gasteiger partial charge in [0, 0.05) is 9.13 Å². The van der Waals surface area contributed by atoms with Crippen LogP contribution in [0.3, 0.4) is 0 Å². The Bertz CT molecular complexity index is 1240. The van der Waals surface area contributed by atoms with Crippen molar-refractivity contribution in [3.8, 4) is 5.75 Å². The van der Waals surface area contributed by atoms with Gasteiger partial charge in [-0.25, -0.2) is 0 Å². The Morgan fingerprint density at radius 3 is 2.50 bits per heavy atom. The Balaban J connectivity index is 1.66. The van der Waals surface area contributed by atoms with Crippen LogP contribution in [0.5, 0.6) is 5.75 Å². The molecule has 0 radical (unpaired) electrons. The molecule has 4 rings (SSSR count). The SMILES string of the molecule is Cc1ccc(N2C(=O)/C(=C\c3cc(I)cc(I)c3OCc3ccccc3)SC2=S)cc1C. The van der Waals surface area contributed by atoms with E-state index in [-0.39, 0.29) is 5.91 Å². The fourth-order valence-electron chi connectivity index (χ4n) is 3.27. The molecular formula is C25H19I2NO2S2. The van der Waals surface area contributed by atoms with E-state index in [9.17, 15) is 4.79 Å². The molecular weight excluding hydrogens is 664 g/mol. The summed E-state index contributed by atoms with van der Waals surface area (Å²) in [6, 6.07) is 20.1. The quantitative estimate of drug-likeness (QED) is 0.158. The second-order valence-corrected chi connectivity index (χ2v) is 11.4. The highest BCUT2D eigenvalue weighted by Crippen LogP contribution is 2.39. The number of anilines is 1. The molecule has 0 aliphatic carbocycles. The summed E-state index contributed by atoms with van der Waals surface area (Å²) in [5.74, 6) is 0.664. The van der Waals surface area contributed by atoms with Crippen molar-refractivity contribution in [2.75, 3.05) is 4.90 Å². The number of hydrogen-bond donors (Lipinski definition) is 0. The van der Waals surface area contributed by atoms with Gasteiger partial charge in [0.25, 0.3) is 5.91 Å². The summed E-state index contributed by atoms with van der Waals surface area (Å²) in [5.41, 5.74) is 5.08. The Morgan fingerprint density at radius 2 is 1.78 bits per heavy atom. The zero-order valence-corrected chi connectivity index (χ0v) is 23.3. The smallest absolute Gasteiger partial charge is 0.270 e. The number of benzene rings is 3. The largest absolute Gasteiger partial charge is 0.487 e. The zero-order valence-electron chi connectivity index (χ0n) is 17.4. The van der Waals surface area contributed by atoms with Crippen molar-refractivity contribution in [3.63, 3.8) is 0 Å². The van der Waals surface area contributed by atoms with E-state index < -0.39 is 0 Å². The minimum absolute atomic E-state index is 0.105. The molecule has 0 saturated carbocycles. The van der Waals surface area contributed by atoms with Crippen LogP contribution < -0.4 is 9.64 Å². The number of thiocarbonyl (C=S) groups is 1. The lowest BCUT2D eigenvalue weighted by molar-refractivity contribution is -0.113. The molecule has 0 N–H and O–H groups in total. The molecule has 7 heteroatoms. The number of aryl methyl sites for hydroxylation is 2. The van der Waals surface area contributed by atoms with Crippen molar-refractivity contribution in [3.05, 3.63) is 95.0 Å². The monoisotopic (exact) mass is 683 g/mol. The lowest BCUT2D eigenvalue weighted by atomic mass is 10.1. The van der Waals surface area contributed by atoms with Crippen LogP contribution in [-0.4, -0.2) is 10.2 Å². The summed E-state index contributed by atoms with van der Waals surface area (Å²) in [7, 11) is 0. The van der Waals surface area contributed by atoms with Crippen LogP contribution in [0.2, 0.25) is 0 Å². The Kier molecular flexibility index (Phi) is 7.58. The van der Waals surface area contributed by atoms with Gasteiger partial charge < -0.3 is 4.74 Å². The molecule has 1 saturated heterocycles. The van der Waals surface area contributed by atoms with Crippen molar-refractivity contribution in [2.45, 2.75) is 20.5 Å². The lowest BCUT2D eigenvalue weighted by Gasteiger charge is -2.16. The van der Waals surface area contributed by atoms with Crippen molar-refractivity contribution < 1.29 is 9.53 Å². The van der Waals surface area contributed by atoms with E-state index in [0.29, 0.717) is 15.8 Å². The predicted molar refractivity (Wildman–Crippen MR) is 154 cm³/mol. The lowest BCUT2D eigenvalue weighted by Crippen LogP contribution is -2.27. The van der Waals surface area contributed by atoms with Crippen LogP contribution in [0, 0.1) is 21.0 Å². The first kappa shape index (κ1) is 23.7. The number of nitrogens with zero attached hydrogens (tertiary/aromatic N) is 1. The summed E-state index contributed by atoms with van der Waals surface area (Å²) >= 11 is 11.5. The molecule has 162 valence electrons. The molecule has 0 unspecified atom stereocenters. The van der Waals surface area contributed by atoms with Crippen LogP contribution in [0.15, 0.2) is 65.6 Å². The van der Waals surface area contributed by atoms with E-state index in [4.69, 9.17) is 17.0 Å². The van der Waals surface area contributed by atoms with E-state index >= 15 is 0 Å². The van der Waals surface area contributed by atoms with Gasteiger partial charge in [0.15, 0.2) is 4.32 Å². The van der Waals surface area contributed by atoms with Crippen LogP contribution in [-0.2, 0) is 11.4 Å². The average Bonchev–Trinajstić information content (AvgIpc) is 3.03. The van der Waals surface area contributed by atoms with E-state index in [1.165, 1.54) is 17.3 Å². The Hall–Kier alpha value is -1.43. The van der Waals surface area contributed by atoms with Gasteiger partial charge in [-0.1, -0.05) is 60.4 Å². The second-order valence-electron chi connectivity index (χ2n) is 7.37. The number of hydrogen-bond acceptors (Lipinski definition) is 4. The molecule has 1 aliphatic rings. The molecule has 0 atom stereocenters. The Labute approximate surface area is 224 Å². The Morgan fingerprint density at radius 1 is 1.03 bits per heavy atom. The summed E-state index contributed by atoms with van der Waals surface area (Å²) in [6.45, 7) is 4.55. The maximum absolute atomic E-state index is 13.3. The van der Waals surface area contributed by atoms with Crippen LogP contribution in [0.1, 0.15) is 22.3 Å². The average molecular weight is 683 g/mol. The van der Waals surface area contributed by atoms with Gasteiger partial charge in [0.05, 0.1) is 14.2 Å². The van der Waals surface area contributed by atoms with Crippen molar-refractivity contribution in [1.29, 1.82) is 0 Å². The third kappa shape index (κ3) is 5.21. The number of carbonyl (C=O) groups excluding carboxylic acids is 1. The van der Waals surface area contributed by atoms with Crippen molar-refractivity contribution in [1.82, 2.24) is 0 Å². The fraction of sp³-hybridized carbons (Fsp3) is 0.120.